The second-order valence-electron chi connectivity index (χ2n) is 4.73. The summed E-state index contributed by atoms with van der Waals surface area (Å²) in [6.45, 7) is -0.440. The lowest BCUT2D eigenvalue weighted by Crippen LogP contribution is -2.30. The van der Waals surface area contributed by atoms with Crippen LogP contribution in [0.25, 0.3) is 11.2 Å². The number of rotatable bonds is 3. The lowest BCUT2D eigenvalue weighted by molar-refractivity contribution is -0.116. The summed E-state index contributed by atoms with van der Waals surface area (Å²) in [4.78, 5) is 33.1. The van der Waals surface area contributed by atoms with Crippen LogP contribution in [0.15, 0.2) is 11.1 Å². The van der Waals surface area contributed by atoms with E-state index in [4.69, 9.17) is 15.6 Å². The number of nitrogens with two attached hydrogens (primary N) is 1. The number of ether oxygens (including phenoxy) is 1. The van der Waals surface area contributed by atoms with Crippen molar-refractivity contribution < 1.29 is 19.7 Å². The highest BCUT2D eigenvalue weighted by Crippen LogP contribution is 2.34. The molecule has 3 rings (SSSR count). The molecule has 2 aromatic heterocycles. The summed E-state index contributed by atoms with van der Waals surface area (Å²) in [5.74, 6) is -1.02. The van der Waals surface area contributed by atoms with Crippen LogP contribution in [0.4, 0.5) is 5.95 Å². The number of nitrogen functional groups attached to an aromatic ring is 1. The minimum Gasteiger partial charge on any atom is -0.394 e. The van der Waals surface area contributed by atoms with Gasteiger partial charge in [0.25, 0.3) is 5.56 Å². The second-order valence-corrected chi connectivity index (χ2v) is 4.73. The summed E-state index contributed by atoms with van der Waals surface area (Å²) in [6, 6.07) is 0. The lowest BCUT2D eigenvalue weighted by Gasteiger charge is -2.16. The van der Waals surface area contributed by atoms with Crippen molar-refractivity contribution >= 4 is 23.4 Å². The Balaban J connectivity index is 2.12. The molecule has 0 radical (unpaired) electrons. The maximum atomic E-state index is 11.7. The Morgan fingerprint density at radius 1 is 1.57 bits per heavy atom. The van der Waals surface area contributed by atoms with E-state index in [9.17, 15) is 14.7 Å². The summed E-state index contributed by atoms with van der Waals surface area (Å²) in [6.07, 6.45) is -1.17. The first-order valence-corrected chi connectivity index (χ1v) is 6.18. The highest BCUT2D eigenvalue weighted by atomic mass is 16.5. The Hall–Kier alpha value is -2.30. The molecule has 0 amide bonds. The SMILES string of the molecule is Nc1nc2c(ncn2[C@@H]2O[C@H](CO)[C@H](O)[C@@H]2C=O)c(=O)[nH]1. The number of hydrogen-bond acceptors (Lipinski definition) is 8. The molecule has 1 aliphatic heterocycles. The minimum absolute atomic E-state index is 0.0411. The zero-order valence-corrected chi connectivity index (χ0v) is 10.7. The van der Waals surface area contributed by atoms with E-state index in [2.05, 4.69) is 15.0 Å². The largest absolute Gasteiger partial charge is 0.394 e. The van der Waals surface area contributed by atoms with E-state index >= 15 is 0 Å². The zero-order chi connectivity index (χ0) is 15.1. The van der Waals surface area contributed by atoms with E-state index in [1.807, 2.05) is 0 Å². The number of aromatic nitrogens is 4. The van der Waals surface area contributed by atoms with Crippen molar-refractivity contribution in [1.82, 2.24) is 19.5 Å². The average Bonchev–Trinajstić information content (AvgIpc) is 2.99. The molecule has 10 nitrogen and oxygen atoms in total. The van der Waals surface area contributed by atoms with Gasteiger partial charge in [-0.1, -0.05) is 0 Å². The second kappa shape index (κ2) is 4.91. The van der Waals surface area contributed by atoms with E-state index in [-0.39, 0.29) is 17.1 Å². The third-order valence-corrected chi connectivity index (χ3v) is 3.48. The van der Waals surface area contributed by atoms with Crippen LogP contribution < -0.4 is 11.3 Å². The molecule has 10 heteroatoms. The first-order chi connectivity index (χ1) is 10.1. The summed E-state index contributed by atoms with van der Waals surface area (Å²) in [5.41, 5.74) is 5.15. The Morgan fingerprint density at radius 2 is 2.33 bits per heavy atom. The van der Waals surface area contributed by atoms with Crippen LogP contribution in [-0.2, 0) is 9.53 Å². The van der Waals surface area contributed by atoms with E-state index < -0.39 is 36.5 Å². The predicted molar refractivity (Wildman–Crippen MR) is 69.1 cm³/mol. The van der Waals surface area contributed by atoms with E-state index in [1.54, 1.807) is 0 Å². The van der Waals surface area contributed by atoms with Crippen LogP contribution in [0, 0.1) is 5.92 Å². The van der Waals surface area contributed by atoms with Crippen molar-refractivity contribution in [2.45, 2.75) is 18.4 Å². The van der Waals surface area contributed by atoms with E-state index in [1.165, 1.54) is 10.9 Å². The molecule has 1 fully saturated rings. The van der Waals surface area contributed by atoms with Gasteiger partial charge in [0.05, 0.1) is 25.0 Å². The van der Waals surface area contributed by atoms with Crippen molar-refractivity contribution in [3.8, 4) is 0 Å². The Bertz CT molecular complexity index is 740. The quantitative estimate of drug-likeness (QED) is 0.463. The number of carbonyl (C=O) groups is 1. The van der Waals surface area contributed by atoms with Crippen LogP contribution in [-0.4, -0.2) is 54.8 Å². The van der Waals surface area contributed by atoms with Gasteiger partial charge in [-0.2, -0.15) is 4.98 Å². The molecule has 0 bridgehead atoms. The van der Waals surface area contributed by atoms with Crippen LogP contribution >= 0.6 is 0 Å². The number of aromatic amines is 1. The molecule has 0 saturated carbocycles. The number of imidazole rings is 1. The number of hydrogen-bond donors (Lipinski definition) is 4. The Morgan fingerprint density at radius 3 is 3.00 bits per heavy atom. The fourth-order valence-corrected chi connectivity index (χ4v) is 2.45. The molecular weight excluding hydrogens is 282 g/mol. The van der Waals surface area contributed by atoms with Crippen LogP contribution in [0.2, 0.25) is 0 Å². The molecule has 1 saturated heterocycles. The lowest BCUT2D eigenvalue weighted by atomic mass is 10.0. The highest BCUT2D eigenvalue weighted by Gasteiger charge is 2.44. The molecule has 21 heavy (non-hydrogen) atoms. The standard InChI is InChI=1S/C11H13N5O5/c12-11-14-8-6(9(20)15-11)13-3-16(8)10-4(1-17)7(19)5(2-18)21-10/h1,3-5,7,10,18-19H,2H2,(H3,12,14,15,20)/t4-,5+,7+,10+/m0/s1. The molecule has 3 heterocycles. The van der Waals surface area contributed by atoms with Crippen LogP contribution in [0.1, 0.15) is 6.23 Å². The number of nitrogens with one attached hydrogen (secondary N) is 1. The van der Waals surface area contributed by atoms with Crippen molar-refractivity contribution in [2.75, 3.05) is 12.3 Å². The highest BCUT2D eigenvalue weighted by molar-refractivity contribution is 5.71. The number of aliphatic hydroxyl groups excluding tert-OH is 2. The van der Waals surface area contributed by atoms with Gasteiger partial charge in [-0.05, 0) is 0 Å². The third-order valence-electron chi connectivity index (χ3n) is 3.48. The molecule has 2 aromatic rings. The van der Waals surface area contributed by atoms with Crippen molar-refractivity contribution in [3.63, 3.8) is 0 Å². The fraction of sp³-hybridized carbons (Fsp3) is 0.455. The number of nitrogens with zero attached hydrogens (tertiary/aromatic N) is 3. The molecule has 4 atom stereocenters. The number of aldehydes is 1. The topological polar surface area (TPSA) is 156 Å². The molecule has 0 unspecified atom stereocenters. The molecule has 0 spiro atoms. The monoisotopic (exact) mass is 295 g/mol. The molecule has 0 aromatic carbocycles. The fourth-order valence-electron chi connectivity index (χ4n) is 2.45. The summed E-state index contributed by atoms with van der Waals surface area (Å²) in [5, 5.41) is 19.1. The summed E-state index contributed by atoms with van der Waals surface area (Å²) >= 11 is 0. The number of fused-ring (bicyclic) bond motifs is 1. The maximum Gasteiger partial charge on any atom is 0.280 e. The van der Waals surface area contributed by atoms with Gasteiger partial charge in [-0.3, -0.25) is 14.3 Å². The first-order valence-electron chi connectivity index (χ1n) is 6.18. The predicted octanol–water partition coefficient (Wildman–Crippen LogP) is -2.23. The normalized spacial score (nSPS) is 29.0. The van der Waals surface area contributed by atoms with Gasteiger partial charge in [0.15, 0.2) is 11.2 Å². The van der Waals surface area contributed by atoms with Crippen molar-refractivity contribution in [1.29, 1.82) is 0 Å². The van der Waals surface area contributed by atoms with Gasteiger partial charge in [-0.25, -0.2) is 4.98 Å². The molecule has 0 aliphatic carbocycles. The number of anilines is 1. The van der Waals surface area contributed by atoms with Gasteiger partial charge in [-0.15, -0.1) is 0 Å². The summed E-state index contributed by atoms with van der Waals surface area (Å²) in [7, 11) is 0. The number of aliphatic hydroxyl groups is 2. The Kier molecular flexibility index (Phi) is 3.20. The molecule has 1 aliphatic rings. The van der Waals surface area contributed by atoms with Gasteiger partial charge < -0.3 is 25.5 Å². The van der Waals surface area contributed by atoms with E-state index in [0.717, 1.165) is 0 Å². The zero-order valence-electron chi connectivity index (χ0n) is 10.7. The summed E-state index contributed by atoms with van der Waals surface area (Å²) < 4.78 is 6.80. The smallest absolute Gasteiger partial charge is 0.280 e. The molecule has 112 valence electrons. The minimum atomic E-state index is -1.16. The van der Waals surface area contributed by atoms with E-state index in [0.29, 0.717) is 6.29 Å². The third kappa shape index (κ3) is 2.00. The van der Waals surface area contributed by atoms with Gasteiger partial charge in [0.2, 0.25) is 5.95 Å². The Labute approximate surface area is 117 Å². The number of carbonyl (C=O) groups excluding carboxylic acids is 1. The molecular formula is C11H13N5O5. The number of H-pyrrole nitrogens is 1. The van der Waals surface area contributed by atoms with Crippen molar-refractivity contribution in [2.24, 2.45) is 5.92 Å². The van der Waals surface area contributed by atoms with Gasteiger partial charge >= 0.3 is 0 Å². The molecule has 5 N–H and O–H groups in total. The van der Waals surface area contributed by atoms with Crippen LogP contribution in [0.5, 0.6) is 0 Å². The maximum absolute atomic E-state index is 11.7. The van der Waals surface area contributed by atoms with Crippen LogP contribution in [0.3, 0.4) is 0 Å². The average molecular weight is 295 g/mol. The van der Waals surface area contributed by atoms with Crippen molar-refractivity contribution in [3.05, 3.63) is 16.7 Å². The first kappa shape index (κ1) is 13.7. The van der Waals surface area contributed by atoms with Gasteiger partial charge in [0.1, 0.15) is 18.6 Å². The van der Waals surface area contributed by atoms with Gasteiger partial charge in [0, 0.05) is 0 Å².